The molecule has 3 rings (SSSR count). The second-order valence-corrected chi connectivity index (χ2v) is 8.68. The summed E-state index contributed by atoms with van der Waals surface area (Å²) in [5.74, 6) is 3.32. The molecule has 2 aromatic carbocycles. The standard InChI is InChI=1S/C22H26BrIO6/c1-25-18-10-13(9-15(24)21(18)29-8-7-23)16-5-6-17(30-16)14-11-19(26-2)22(28-4)20(12-14)27-3/h9-12,16-17H,5-8H2,1-4H3. The summed E-state index contributed by atoms with van der Waals surface area (Å²) in [7, 11) is 6.49. The van der Waals surface area contributed by atoms with Crippen LogP contribution in [0.15, 0.2) is 24.3 Å². The quantitative estimate of drug-likeness (QED) is 0.275. The summed E-state index contributed by atoms with van der Waals surface area (Å²) in [6.07, 6.45) is 1.71. The molecule has 30 heavy (non-hydrogen) atoms. The van der Waals surface area contributed by atoms with E-state index in [1.807, 2.05) is 18.2 Å². The molecule has 2 atom stereocenters. The van der Waals surface area contributed by atoms with Gasteiger partial charge in [-0.15, -0.1) is 0 Å². The van der Waals surface area contributed by atoms with Crippen LogP contribution >= 0.6 is 38.5 Å². The number of alkyl halides is 1. The van der Waals surface area contributed by atoms with Crippen molar-refractivity contribution in [3.8, 4) is 28.7 Å². The maximum atomic E-state index is 6.42. The van der Waals surface area contributed by atoms with E-state index in [-0.39, 0.29) is 12.2 Å². The Morgan fingerprint density at radius 2 is 1.33 bits per heavy atom. The van der Waals surface area contributed by atoms with Gasteiger partial charge in [-0.05, 0) is 70.8 Å². The zero-order valence-electron chi connectivity index (χ0n) is 17.5. The van der Waals surface area contributed by atoms with Crippen LogP contribution in [-0.4, -0.2) is 40.4 Å². The van der Waals surface area contributed by atoms with Gasteiger partial charge in [-0.2, -0.15) is 0 Å². The topological polar surface area (TPSA) is 55.4 Å². The summed E-state index contributed by atoms with van der Waals surface area (Å²) >= 11 is 5.67. The first-order valence-electron chi connectivity index (χ1n) is 9.57. The molecule has 0 aliphatic carbocycles. The molecule has 0 N–H and O–H groups in total. The number of ether oxygens (including phenoxy) is 6. The van der Waals surface area contributed by atoms with Gasteiger partial charge >= 0.3 is 0 Å². The molecule has 1 aliphatic rings. The van der Waals surface area contributed by atoms with Crippen molar-refractivity contribution in [2.75, 3.05) is 40.4 Å². The van der Waals surface area contributed by atoms with Gasteiger partial charge in [-0.25, -0.2) is 0 Å². The van der Waals surface area contributed by atoms with Crippen LogP contribution in [0.5, 0.6) is 28.7 Å². The Hall–Kier alpha value is -1.39. The average molecular weight is 593 g/mol. The number of benzene rings is 2. The molecule has 1 aliphatic heterocycles. The smallest absolute Gasteiger partial charge is 0.203 e. The molecule has 6 nitrogen and oxygen atoms in total. The van der Waals surface area contributed by atoms with Gasteiger partial charge in [0.1, 0.15) is 0 Å². The Labute approximate surface area is 199 Å². The second-order valence-electron chi connectivity index (χ2n) is 6.72. The lowest BCUT2D eigenvalue weighted by Gasteiger charge is -2.19. The first kappa shape index (κ1) is 23.3. The minimum absolute atomic E-state index is 0.0262. The predicted octanol–water partition coefficient (Wildman–Crippen LogP) is 5.69. The van der Waals surface area contributed by atoms with Crippen molar-refractivity contribution in [2.45, 2.75) is 25.0 Å². The van der Waals surface area contributed by atoms with Crippen LogP contribution < -0.4 is 23.7 Å². The molecule has 0 aromatic heterocycles. The van der Waals surface area contributed by atoms with E-state index in [9.17, 15) is 0 Å². The van der Waals surface area contributed by atoms with Gasteiger partial charge in [0.15, 0.2) is 23.0 Å². The van der Waals surface area contributed by atoms with E-state index in [0.29, 0.717) is 23.9 Å². The molecule has 0 saturated carbocycles. The van der Waals surface area contributed by atoms with Gasteiger partial charge in [0.2, 0.25) is 5.75 Å². The van der Waals surface area contributed by atoms with E-state index >= 15 is 0 Å². The summed E-state index contributed by atoms with van der Waals surface area (Å²) in [5, 5.41) is 0.760. The van der Waals surface area contributed by atoms with E-state index in [0.717, 1.165) is 44.4 Å². The third-order valence-electron chi connectivity index (χ3n) is 5.03. The molecule has 0 radical (unpaired) electrons. The van der Waals surface area contributed by atoms with Gasteiger partial charge in [0.25, 0.3) is 0 Å². The molecular weight excluding hydrogens is 567 g/mol. The molecule has 164 valence electrons. The van der Waals surface area contributed by atoms with Crippen molar-refractivity contribution >= 4 is 38.5 Å². The van der Waals surface area contributed by atoms with Crippen LogP contribution in [0.3, 0.4) is 0 Å². The van der Waals surface area contributed by atoms with E-state index in [2.05, 4.69) is 44.6 Å². The normalized spacial score (nSPS) is 18.2. The van der Waals surface area contributed by atoms with E-state index in [1.54, 1.807) is 28.4 Å². The molecule has 2 aromatic rings. The van der Waals surface area contributed by atoms with E-state index in [1.165, 1.54) is 0 Å². The fourth-order valence-corrected chi connectivity index (χ4v) is 4.56. The van der Waals surface area contributed by atoms with Gasteiger partial charge in [-0.1, -0.05) is 15.9 Å². The van der Waals surface area contributed by atoms with Crippen molar-refractivity contribution in [3.63, 3.8) is 0 Å². The molecule has 2 unspecified atom stereocenters. The van der Waals surface area contributed by atoms with Crippen LogP contribution in [0.4, 0.5) is 0 Å². The minimum Gasteiger partial charge on any atom is -0.493 e. The Bertz CT molecular complexity index is 850. The zero-order chi connectivity index (χ0) is 21.7. The summed E-state index contributed by atoms with van der Waals surface area (Å²) < 4.78 is 35.2. The number of halogens is 2. The van der Waals surface area contributed by atoms with Crippen molar-refractivity contribution < 1.29 is 28.4 Å². The van der Waals surface area contributed by atoms with Crippen molar-refractivity contribution in [3.05, 3.63) is 39.0 Å². The fourth-order valence-electron chi connectivity index (χ4n) is 3.62. The van der Waals surface area contributed by atoms with Gasteiger partial charge in [0, 0.05) is 5.33 Å². The molecule has 0 amide bonds. The summed E-state index contributed by atoms with van der Waals surface area (Å²) in [6.45, 7) is 0.578. The maximum absolute atomic E-state index is 6.42. The molecular formula is C22H26BrIO6. The van der Waals surface area contributed by atoms with Crippen LogP contribution in [-0.2, 0) is 4.74 Å². The summed E-state index contributed by atoms with van der Waals surface area (Å²) in [6, 6.07) is 8.02. The lowest BCUT2D eigenvalue weighted by molar-refractivity contribution is 0.0436. The SMILES string of the molecule is COc1cc(C2CCC(c3cc(OC)c(OC)c(OC)c3)O2)cc(I)c1OCCBr. The maximum Gasteiger partial charge on any atom is 0.203 e. The highest BCUT2D eigenvalue weighted by Crippen LogP contribution is 2.47. The highest BCUT2D eigenvalue weighted by molar-refractivity contribution is 14.1. The Morgan fingerprint density at radius 3 is 1.80 bits per heavy atom. The van der Waals surface area contributed by atoms with Crippen LogP contribution in [0.25, 0.3) is 0 Å². The number of rotatable bonds is 9. The Balaban J connectivity index is 1.84. The lowest BCUT2D eigenvalue weighted by atomic mass is 10.0. The van der Waals surface area contributed by atoms with Gasteiger partial charge in [0.05, 0.1) is 50.8 Å². The molecule has 0 spiro atoms. The average Bonchev–Trinajstić information content (AvgIpc) is 3.27. The Morgan fingerprint density at radius 1 is 0.833 bits per heavy atom. The third kappa shape index (κ3) is 4.91. The highest BCUT2D eigenvalue weighted by atomic mass is 127. The molecule has 1 fully saturated rings. The third-order valence-corrected chi connectivity index (χ3v) is 6.15. The lowest BCUT2D eigenvalue weighted by Crippen LogP contribution is -2.05. The second kappa shape index (κ2) is 10.8. The summed E-state index contributed by atoms with van der Waals surface area (Å²) in [5.41, 5.74) is 2.09. The molecule has 1 heterocycles. The monoisotopic (exact) mass is 592 g/mol. The van der Waals surface area contributed by atoms with Crippen molar-refractivity contribution in [1.82, 2.24) is 0 Å². The molecule has 1 saturated heterocycles. The Kier molecular flexibility index (Phi) is 8.35. The number of hydrogen-bond acceptors (Lipinski definition) is 6. The number of hydrogen-bond donors (Lipinski definition) is 0. The van der Waals surface area contributed by atoms with Crippen molar-refractivity contribution in [1.29, 1.82) is 0 Å². The van der Waals surface area contributed by atoms with E-state index < -0.39 is 0 Å². The molecule has 8 heteroatoms. The fraction of sp³-hybridized carbons (Fsp3) is 0.455. The van der Waals surface area contributed by atoms with E-state index in [4.69, 9.17) is 28.4 Å². The first-order chi connectivity index (χ1) is 14.6. The van der Waals surface area contributed by atoms with Crippen LogP contribution in [0.1, 0.15) is 36.2 Å². The first-order valence-corrected chi connectivity index (χ1v) is 11.8. The zero-order valence-corrected chi connectivity index (χ0v) is 21.2. The predicted molar refractivity (Wildman–Crippen MR) is 127 cm³/mol. The largest absolute Gasteiger partial charge is 0.493 e. The minimum atomic E-state index is -0.0586. The van der Waals surface area contributed by atoms with Gasteiger partial charge < -0.3 is 28.4 Å². The van der Waals surface area contributed by atoms with Crippen LogP contribution in [0, 0.1) is 3.57 Å². The van der Waals surface area contributed by atoms with Gasteiger partial charge in [-0.3, -0.25) is 0 Å². The summed E-state index contributed by atoms with van der Waals surface area (Å²) in [4.78, 5) is 0. The van der Waals surface area contributed by atoms with Crippen LogP contribution in [0.2, 0.25) is 0 Å². The highest BCUT2D eigenvalue weighted by Gasteiger charge is 2.30. The van der Waals surface area contributed by atoms with Crippen molar-refractivity contribution in [2.24, 2.45) is 0 Å². The number of methoxy groups -OCH3 is 4. The molecule has 0 bridgehead atoms.